The zero-order chi connectivity index (χ0) is 23.6. The lowest BCUT2D eigenvalue weighted by Gasteiger charge is -2.32. The van der Waals surface area contributed by atoms with Crippen molar-refractivity contribution < 1.29 is 26.7 Å². The molecule has 0 bridgehead atoms. The third-order valence-electron chi connectivity index (χ3n) is 6.14. The number of rotatable bonds is 8. The quantitative estimate of drug-likeness (QED) is 0.624. The average molecular weight is 479 g/mol. The van der Waals surface area contributed by atoms with Gasteiger partial charge in [0, 0.05) is 12.6 Å². The minimum atomic E-state index is -3.79. The molecule has 1 saturated carbocycles. The summed E-state index contributed by atoms with van der Waals surface area (Å²) in [6.07, 6.45) is 4.59. The molecule has 6 nitrogen and oxygen atoms in total. The van der Waals surface area contributed by atoms with E-state index in [0.717, 1.165) is 62.7 Å². The highest BCUT2D eigenvalue weighted by Crippen LogP contribution is 2.45. The number of nitrogens with one attached hydrogen (secondary N) is 1. The molecule has 2 aliphatic rings. The summed E-state index contributed by atoms with van der Waals surface area (Å²) in [7, 11) is -3.79. The Morgan fingerprint density at radius 3 is 2.36 bits per heavy atom. The van der Waals surface area contributed by atoms with Gasteiger partial charge in [0.05, 0.1) is 18.4 Å². The molecule has 1 aliphatic carbocycles. The largest absolute Gasteiger partial charge is 0.493 e. The summed E-state index contributed by atoms with van der Waals surface area (Å²) in [5.74, 6) is -1.05. The molecule has 0 spiro atoms. The van der Waals surface area contributed by atoms with Crippen LogP contribution in [0.15, 0.2) is 36.4 Å². The molecule has 2 aromatic carbocycles. The molecule has 1 amide bonds. The zero-order valence-corrected chi connectivity index (χ0v) is 19.3. The Hall–Kier alpha value is -2.52. The van der Waals surface area contributed by atoms with E-state index < -0.39 is 21.7 Å². The van der Waals surface area contributed by atoms with Crippen molar-refractivity contribution in [2.24, 2.45) is 5.92 Å². The fourth-order valence-electron chi connectivity index (χ4n) is 4.17. The highest BCUT2D eigenvalue weighted by Gasteiger charge is 2.30. The first-order chi connectivity index (χ1) is 15.7. The van der Waals surface area contributed by atoms with Crippen LogP contribution in [0, 0.1) is 17.6 Å². The van der Waals surface area contributed by atoms with Crippen LogP contribution < -0.4 is 9.46 Å². The van der Waals surface area contributed by atoms with Gasteiger partial charge in [0.15, 0.2) is 0 Å². The molecule has 1 heterocycles. The van der Waals surface area contributed by atoms with E-state index in [0.29, 0.717) is 18.3 Å². The van der Waals surface area contributed by atoms with Crippen LogP contribution in [0.1, 0.15) is 53.1 Å². The van der Waals surface area contributed by atoms with Gasteiger partial charge in [-0.1, -0.05) is 12.1 Å². The van der Waals surface area contributed by atoms with Crippen molar-refractivity contribution in [2.75, 3.05) is 26.0 Å². The Balaban J connectivity index is 1.35. The van der Waals surface area contributed by atoms with Gasteiger partial charge in [-0.3, -0.25) is 9.69 Å². The lowest BCUT2D eigenvalue weighted by molar-refractivity contribution is 0.0977. The molecule has 2 fully saturated rings. The van der Waals surface area contributed by atoms with E-state index in [9.17, 15) is 22.0 Å². The molecule has 0 unspecified atom stereocenters. The second-order valence-electron chi connectivity index (χ2n) is 9.00. The summed E-state index contributed by atoms with van der Waals surface area (Å²) in [5, 5.41) is 0. The zero-order valence-electron chi connectivity index (χ0n) is 18.5. The van der Waals surface area contributed by atoms with Gasteiger partial charge < -0.3 is 4.74 Å². The van der Waals surface area contributed by atoms with Gasteiger partial charge in [0.25, 0.3) is 5.91 Å². The summed E-state index contributed by atoms with van der Waals surface area (Å²) in [6.45, 7) is 3.04. The summed E-state index contributed by atoms with van der Waals surface area (Å²) in [4.78, 5) is 14.5. The maximum absolute atomic E-state index is 14.6. The van der Waals surface area contributed by atoms with Crippen LogP contribution >= 0.6 is 0 Å². The average Bonchev–Trinajstić information content (AvgIpc) is 3.59. The number of ether oxygens (including phenoxy) is 1. The van der Waals surface area contributed by atoms with Crippen LogP contribution in [0.3, 0.4) is 0 Å². The number of likely N-dealkylation sites (tertiary alicyclic amines) is 1. The SMILES string of the molecule is CS(=O)(=O)NC(=O)c1cc(C2CC2)c(OCC2CCN(Cc3ccc(F)cc3)CC2)cc1F. The maximum Gasteiger partial charge on any atom is 0.267 e. The molecule has 1 N–H and O–H groups in total. The van der Waals surface area contributed by atoms with Crippen LogP contribution in [0.5, 0.6) is 5.75 Å². The van der Waals surface area contributed by atoms with Crippen LogP contribution in [0.25, 0.3) is 0 Å². The van der Waals surface area contributed by atoms with Gasteiger partial charge >= 0.3 is 0 Å². The highest BCUT2D eigenvalue weighted by atomic mass is 32.2. The van der Waals surface area contributed by atoms with E-state index in [2.05, 4.69) is 4.90 Å². The third kappa shape index (κ3) is 6.51. The van der Waals surface area contributed by atoms with Gasteiger partial charge in [-0.2, -0.15) is 0 Å². The number of nitrogens with zero attached hydrogens (tertiary/aromatic N) is 1. The Kier molecular flexibility index (Phi) is 6.99. The normalized spacial score (nSPS) is 17.7. The minimum absolute atomic E-state index is 0.197. The van der Waals surface area contributed by atoms with Crippen LogP contribution in [-0.4, -0.2) is 45.2 Å². The van der Waals surface area contributed by atoms with Crippen molar-refractivity contribution >= 4 is 15.9 Å². The molecule has 1 aliphatic heterocycles. The van der Waals surface area contributed by atoms with E-state index in [4.69, 9.17) is 4.74 Å². The van der Waals surface area contributed by atoms with E-state index in [1.165, 1.54) is 24.3 Å². The van der Waals surface area contributed by atoms with Gasteiger partial charge in [0.1, 0.15) is 17.4 Å². The van der Waals surface area contributed by atoms with Crippen molar-refractivity contribution in [3.63, 3.8) is 0 Å². The van der Waals surface area contributed by atoms with Crippen molar-refractivity contribution in [3.05, 3.63) is 64.7 Å². The van der Waals surface area contributed by atoms with Crippen molar-refractivity contribution in [1.82, 2.24) is 9.62 Å². The lowest BCUT2D eigenvalue weighted by Crippen LogP contribution is -2.35. The van der Waals surface area contributed by atoms with Gasteiger partial charge in [0.2, 0.25) is 10.0 Å². The van der Waals surface area contributed by atoms with Crippen molar-refractivity contribution in [1.29, 1.82) is 0 Å². The van der Waals surface area contributed by atoms with Crippen LogP contribution in [0.2, 0.25) is 0 Å². The summed E-state index contributed by atoms with van der Waals surface area (Å²) < 4.78 is 58.2. The molecule has 9 heteroatoms. The number of carbonyl (C=O) groups is 1. The first-order valence-electron chi connectivity index (χ1n) is 11.1. The van der Waals surface area contributed by atoms with E-state index >= 15 is 0 Å². The number of amides is 1. The predicted molar refractivity (Wildman–Crippen MR) is 121 cm³/mol. The molecule has 0 atom stereocenters. The molecule has 1 saturated heterocycles. The second-order valence-corrected chi connectivity index (χ2v) is 10.8. The lowest BCUT2D eigenvalue weighted by atomic mass is 9.97. The van der Waals surface area contributed by atoms with Crippen LogP contribution in [0.4, 0.5) is 8.78 Å². The number of hydrogen-bond acceptors (Lipinski definition) is 5. The summed E-state index contributed by atoms with van der Waals surface area (Å²) in [5.41, 5.74) is 1.54. The Bertz CT molecular complexity index is 1110. The summed E-state index contributed by atoms with van der Waals surface area (Å²) in [6, 6.07) is 9.19. The Morgan fingerprint density at radius 1 is 1.09 bits per heavy atom. The molecule has 2 aromatic rings. The van der Waals surface area contributed by atoms with Gasteiger partial charge in [-0.15, -0.1) is 0 Å². The minimum Gasteiger partial charge on any atom is -0.493 e. The first kappa shape index (κ1) is 23.6. The molecule has 178 valence electrons. The molecule has 33 heavy (non-hydrogen) atoms. The fourth-order valence-corrected chi connectivity index (χ4v) is 4.62. The monoisotopic (exact) mass is 478 g/mol. The number of benzene rings is 2. The van der Waals surface area contributed by atoms with Crippen molar-refractivity contribution in [3.8, 4) is 5.75 Å². The maximum atomic E-state index is 14.6. The molecule has 0 radical (unpaired) electrons. The highest BCUT2D eigenvalue weighted by molar-refractivity contribution is 7.89. The number of piperidine rings is 1. The molecule has 0 aromatic heterocycles. The Morgan fingerprint density at radius 2 is 1.76 bits per heavy atom. The van der Waals surface area contributed by atoms with Crippen LogP contribution in [-0.2, 0) is 16.6 Å². The number of halogens is 2. The third-order valence-corrected chi connectivity index (χ3v) is 6.70. The molecular formula is C24H28F2N2O4S. The van der Waals surface area contributed by atoms with E-state index in [-0.39, 0.29) is 17.3 Å². The van der Waals surface area contributed by atoms with Crippen molar-refractivity contribution in [2.45, 2.75) is 38.1 Å². The van der Waals surface area contributed by atoms with E-state index in [1.54, 1.807) is 12.1 Å². The second kappa shape index (κ2) is 9.77. The molecular weight excluding hydrogens is 450 g/mol. The number of sulfonamides is 1. The van der Waals surface area contributed by atoms with Gasteiger partial charge in [-0.05, 0) is 79.9 Å². The summed E-state index contributed by atoms with van der Waals surface area (Å²) >= 11 is 0. The van der Waals surface area contributed by atoms with E-state index in [1.807, 2.05) is 4.72 Å². The predicted octanol–water partition coefficient (Wildman–Crippen LogP) is 3.82. The fraction of sp³-hybridized carbons (Fsp3) is 0.458. The number of hydrogen-bond donors (Lipinski definition) is 1. The standard InChI is InChI=1S/C24H28F2N2O4S/c1-33(30,31)27-24(29)21-12-20(18-4-5-18)23(13-22(21)26)32-15-17-8-10-28(11-9-17)14-16-2-6-19(25)7-3-16/h2-3,6-7,12-13,17-18H,4-5,8-11,14-15H2,1H3,(H,27,29). The van der Waals surface area contributed by atoms with Gasteiger partial charge in [-0.25, -0.2) is 21.9 Å². The molecule has 4 rings (SSSR count). The smallest absolute Gasteiger partial charge is 0.267 e. The topological polar surface area (TPSA) is 75.7 Å². The first-order valence-corrected chi connectivity index (χ1v) is 13.0. The number of carbonyl (C=O) groups excluding carboxylic acids is 1. The Labute approximate surface area is 193 Å².